The van der Waals surface area contributed by atoms with Crippen LogP contribution in [0.25, 0.3) is 11.0 Å². The van der Waals surface area contributed by atoms with Crippen LogP contribution in [-0.4, -0.2) is 26.1 Å². The molecule has 0 radical (unpaired) electrons. The van der Waals surface area contributed by atoms with Crippen LogP contribution in [0.3, 0.4) is 0 Å². The molecule has 3 rings (SSSR count). The Morgan fingerprint density at radius 2 is 2.00 bits per heavy atom. The van der Waals surface area contributed by atoms with Crippen molar-refractivity contribution >= 4 is 17.0 Å². The van der Waals surface area contributed by atoms with Crippen LogP contribution in [-0.2, 0) is 6.54 Å². The zero-order chi connectivity index (χ0) is 15.0. The predicted octanol–water partition coefficient (Wildman–Crippen LogP) is 2.46. The number of carboxylic acid groups (broad SMARTS) is 1. The Balaban J connectivity index is 2.06. The molecule has 0 saturated heterocycles. The van der Waals surface area contributed by atoms with Gasteiger partial charge in [0.2, 0.25) is 0 Å². The fourth-order valence-corrected chi connectivity index (χ4v) is 2.04. The maximum atomic E-state index is 13.6. The van der Waals surface area contributed by atoms with Gasteiger partial charge in [-0.3, -0.25) is 0 Å². The van der Waals surface area contributed by atoms with Gasteiger partial charge < -0.3 is 5.11 Å². The van der Waals surface area contributed by atoms with E-state index in [2.05, 4.69) is 10.3 Å². The molecule has 0 spiro atoms. The van der Waals surface area contributed by atoms with Crippen LogP contribution in [0.15, 0.2) is 36.4 Å². The molecule has 0 fully saturated rings. The topological polar surface area (TPSA) is 68.0 Å². The van der Waals surface area contributed by atoms with Gasteiger partial charge in [0.05, 0.1) is 17.6 Å². The van der Waals surface area contributed by atoms with Crippen LogP contribution in [0.5, 0.6) is 0 Å². The SMILES string of the molecule is O=C(O)c1ccc2nnn(Cc3cc(F)ccc3F)c2c1. The van der Waals surface area contributed by atoms with Crippen molar-refractivity contribution in [3.8, 4) is 0 Å². The van der Waals surface area contributed by atoms with Crippen LogP contribution in [0.1, 0.15) is 15.9 Å². The molecule has 0 unspecified atom stereocenters. The number of halogens is 2. The first-order chi connectivity index (χ1) is 10.0. The fourth-order valence-electron chi connectivity index (χ4n) is 2.04. The molecule has 5 nitrogen and oxygen atoms in total. The van der Waals surface area contributed by atoms with Crippen molar-refractivity contribution in [2.24, 2.45) is 0 Å². The average molecular weight is 289 g/mol. The van der Waals surface area contributed by atoms with E-state index in [-0.39, 0.29) is 17.7 Å². The lowest BCUT2D eigenvalue weighted by Gasteiger charge is -2.05. The largest absolute Gasteiger partial charge is 0.478 e. The molecule has 2 aromatic carbocycles. The van der Waals surface area contributed by atoms with Gasteiger partial charge in [-0.05, 0) is 36.4 Å². The third-order valence-electron chi connectivity index (χ3n) is 3.09. The summed E-state index contributed by atoms with van der Waals surface area (Å²) in [5.41, 5.74) is 1.11. The van der Waals surface area contributed by atoms with Gasteiger partial charge in [-0.1, -0.05) is 5.21 Å². The second-order valence-corrected chi connectivity index (χ2v) is 4.49. The second-order valence-electron chi connectivity index (χ2n) is 4.49. The van der Waals surface area contributed by atoms with E-state index in [4.69, 9.17) is 5.11 Å². The standard InChI is InChI=1S/C14H9F2N3O2/c15-10-2-3-11(16)9(5-10)7-19-13-6-8(14(20)21)1-4-12(13)17-18-19/h1-6H,7H2,(H,20,21). The third kappa shape index (κ3) is 2.45. The highest BCUT2D eigenvalue weighted by Crippen LogP contribution is 2.17. The van der Waals surface area contributed by atoms with Crippen molar-refractivity contribution in [3.63, 3.8) is 0 Å². The van der Waals surface area contributed by atoms with Crippen molar-refractivity contribution < 1.29 is 18.7 Å². The first-order valence-electron chi connectivity index (χ1n) is 6.05. The minimum Gasteiger partial charge on any atom is -0.478 e. The predicted molar refractivity (Wildman–Crippen MR) is 69.9 cm³/mol. The Kier molecular flexibility index (Phi) is 3.09. The molecule has 1 N–H and O–H groups in total. The first-order valence-corrected chi connectivity index (χ1v) is 6.05. The average Bonchev–Trinajstić information content (AvgIpc) is 2.85. The Morgan fingerprint density at radius 1 is 1.19 bits per heavy atom. The molecule has 0 amide bonds. The fraction of sp³-hybridized carbons (Fsp3) is 0.0714. The monoisotopic (exact) mass is 289 g/mol. The van der Waals surface area contributed by atoms with Crippen LogP contribution in [0.2, 0.25) is 0 Å². The molecule has 0 aliphatic carbocycles. The summed E-state index contributed by atoms with van der Waals surface area (Å²) in [4.78, 5) is 11.0. The van der Waals surface area contributed by atoms with Gasteiger partial charge in [0, 0.05) is 5.56 Å². The number of rotatable bonds is 3. The molecule has 3 aromatic rings. The summed E-state index contributed by atoms with van der Waals surface area (Å²) >= 11 is 0. The van der Waals surface area contributed by atoms with Crippen molar-refractivity contribution in [2.75, 3.05) is 0 Å². The van der Waals surface area contributed by atoms with Gasteiger partial charge in [0.1, 0.15) is 17.2 Å². The number of hydrogen-bond donors (Lipinski definition) is 1. The van der Waals surface area contributed by atoms with E-state index in [1.165, 1.54) is 22.9 Å². The lowest BCUT2D eigenvalue weighted by molar-refractivity contribution is 0.0697. The lowest BCUT2D eigenvalue weighted by atomic mass is 10.2. The van der Waals surface area contributed by atoms with Crippen LogP contribution < -0.4 is 0 Å². The van der Waals surface area contributed by atoms with Crippen molar-refractivity contribution in [1.29, 1.82) is 0 Å². The summed E-state index contributed by atoms with van der Waals surface area (Å²) in [5, 5.41) is 16.7. The highest BCUT2D eigenvalue weighted by molar-refractivity contribution is 5.92. The Hall–Kier alpha value is -2.83. The number of carboxylic acids is 1. The van der Waals surface area contributed by atoms with Crippen molar-refractivity contribution in [3.05, 3.63) is 59.2 Å². The van der Waals surface area contributed by atoms with E-state index in [0.717, 1.165) is 18.2 Å². The van der Waals surface area contributed by atoms with E-state index in [0.29, 0.717) is 11.0 Å². The smallest absolute Gasteiger partial charge is 0.335 e. The second kappa shape index (κ2) is 4.93. The highest BCUT2D eigenvalue weighted by atomic mass is 19.1. The van der Waals surface area contributed by atoms with Crippen molar-refractivity contribution in [2.45, 2.75) is 6.54 Å². The molecule has 21 heavy (non-hydrogen) atoms. The van der Waals surface area contributed by atoms with Gasteiger partial charge in [-0.25, -0.2) is 18.3 Å². The summed E-state index contributed by atoms with van der Waals surface area (Å²) in [6.07, 6.45) is 0. The summed E-state index contributed by atoms with van der Waals surface area (Å²) in [7, 11) is 0. The Bertz CT molecular complexity index is 845. The van der Waals surface area contributed by atoms with E-state index < -0.39 is 17.6 Å². The Morgan fingerprint density at radius 3 is 2.76 bits per heavy atom. The molecular formula is C14H9F2N3O2. The van der Waals surface area contributed by atoms with E-state index >= 15 is 0 Å². The minimum absolute atomic E-state index is 0.0385. The van der Waals surface area contributed by atoms with E-state index in [1.54, 1.807) is 0 Å². The zero-order valence-electron chi connectivity index (χ0n) is 10.6. The van der Waals surface area contributed by atoms with Gasteiger partial charge in [0.25, 0.3) is 0 Å². The number of hydrogen-bond acceptors (Lipinski definition) is 3. The summed E-state index contributed by atoms with van der Waals surface area (Å²) in [5.74, 6) is -2.20. The third-order valence-corrected chi connectivity index (χ3v) is 3.09. The molecule has 1 heterocycles. The Labute approximate surface area is 117 Å². The van der Waals surface area contributed by atoms with Gasteiger partial charge in [-0.15, -0.1) is 5.10 Å². The van der Waals surface area contributed by atoms with Crippen molar-refractivity contribution in [1.82, 2.24) is 15.0 Å². The molecular weight excluding hydrogens is 280 g/mol. The molecule has 0 aliphatic rings. The van der Waals surface area contributed by atoms with E-state index in [1.807, 2.05) is 0 Å². The molecule has 0 bridgehead atoms. The first kappa shape index (κ1) is 13.2. The van der Waals surface area contributed by atoms with Crippen LogP contribution in [0, 0.1) is 11.6 Å². The quantitative estimate of drug-likeness (QED) is 0.804. The number of aromatic carboxylic acids is 1. The highest BCUT2D eigenvalue weighted by Gasteiger charge is 2.11. The van der Waals surface area contributed by atoms with Crippen LogP contribution >= 0.6 is 0 Å². The normalized spacial score (nSPS) is 11.0. The summed E-state index contributed by atoms with van der Waals surface area (Å²) in [6.45, 7) is -0.0385. The number of aromatic nitrogens is 3. The van der Waals surface area contributed by atoms with E-state index in [9.17, 15) is 13.6 Å². The number of nitrogens with zero attached hydrogens (tertiary/aromatic N) is 3. The van der Waals surface area contributed by atoms with Gasteiger partial charge >= 0.3 is 5.97 Å². The number of carbonyl (C=O) groups is 1. The van der Waals surface area contributed by atoms with Crippen LogP contribution in [0.4, 0.5) is 8.78 Å². The zero-order valence-corrected chi connectivity index (χ0v) is 10.6. The molecule has 0 atom stereocenters. The van der Waals surface area contributed by atoms with Gasteiger partial charge in [-0.2, -0.15) is 0 Å². The lowest BCUT2D eigenvalue weighted by Crippen LogP contribution is -2.05. The van der Waals surface area contributed by atoms with Gasteiger partial charge in [0.15, 0.2) is 0 Å². The minimum atomic E-state index is -1.08. The molecule has 7 heteroatoms. The number of benzene rings is 2. The molecule has 106 valence electrons. The summed E-state index contributed by atoms with van der Waals surface area (Å²) in [6, 6.07) is 7.46. The molecule has 0 saturated carbocycles. The number of fused-ring (bicyclic) bond motifs is 1. The molecule has 1 aromatic heterocycles. The maximum Gasteiger partial charge on any atom is 0.335 e. The summed E-state index contributed by atoms with van der Waals surface area (Å²) < 4.78 is 28.1. The maximum absolute atomic E-state index is 13.6. The molecule has 0 aliphatic heterocycles.